The van der Waals surface area contributed by atoms with Crippen LogP contribution in [0.4, 0.5) is 10.5 Å². The maximum absolute atomic E-state index is 12.7. The number of amides is 2. The van der Waals surface area contributed by atoms with Crippen LogP contribution in [-0.2, 0) is 6.42 Å². The molecular weight excluding hydrogens is 350 g/mol. The summed E-state index contributed by atoms with van der Waals surface area (Å²) in [6.07, 6.45) is 5.04. The van der Waals surface area contributed by atoms with Gasteiger partial charge >= 0.3 is 6.03 Å². The fourth-order valence-electron chi connectivity index (χ4n) is 3.77. The number of hydrogen-bond donors (Lipinski definition) is 2. The molecule has 28 heavy (non-hydrogen) atoms. The predicted molar refractivity (Wildman–Crippen MR) is 113 cm³/mol. The van der Waals surface area contributed by atoms with Crippen molar-refractivity contribution in [1.29, 1.82) is 0 Å². The number of H-pyrrole nitrogens is 1. The van der Waals surface area contributed by atoms with Gasteiger partial charge in [-0.05, 0) is 56.1 Å². The fraction of sp³-hybridized carbons (Fsp3) is 0.364. The number of aryl methyl sites for hydroxylation is 1. The van der Waals surface area contributed by atoms with Gasteiger partial charge in [-0.25, -0.2) is 4.79 Å². The lowest BCUT2D eigenvalue weighted by atomic mass is 10.1. The van der Waals surface area contributed by atoms with Gasteiger partial charge in [-0.15, -0.1) is 0 Å². The van der Waals surface area contributed by atoms with E-state index in [4.69, 9.17) is 0 Å². The Bertz CT molecular complexity index is 907. The Kier molecular flexibility index (Phi) is 5.87. The summed E-state index contributed by atoms with van der Waals surface area (Å²) in [5.41, 5.74) is 3.18. The number of fused-ring (bicyclic) bond motifs is 1. The molecule has 1 aromatic heterocycles. The lowest BCUT2D eigenvalue weighted by Crippen LogP contribution is -2.38. The molecule has 146 valence electrons. The number of rotatable bonds is 5. The molecule has 6 heteroatoms. The molecule has 2 N–H and O–H groups in total. The molecule has 1 saturated heterocycles. The summed E-state index contributed by atoms with van der Waals surface area (Å²) in [6, 6.07) is 16.4. The Morgan fingerprint density at radius 1 is 1.07 bits per heavy atom. The van der Waals surface area contributed by atoms with Crippen molar-refractivity contribution in [3.63, 3.8) is 0 Å². The summed E-state index contributed by atoms with van der Waals surface area (Å²) >= 11 is 0. The van der Waals surface area contributed by atoms with E-state index in [2.05, 4.69) is 50.7 Å². The predicted octanol–water partition coefficient (Wildman–Crippen LogP) is 3.74. The number of carbonyl (C=O) groups excluding carboxylic acids is 1. The second kappa shape index (κ2) is 8.89. The minimum atomic E-state index is -0.0195. The molecule has 0 bridgehead atoms. The van der Waals surface area contributed by atoms with Crippen molar-refractivity contribution in [2.75, 3.05) is 38.0 Å². The number of anilines is 1. The Morgan fingerprint density at radius 3 is 2.86 bits per heavy atom. The van der Waals surface area contributed by atoms with Crippen LogP contribution in [0, 0.1) is 0 Å². The molecular formula is C22H27N5O. The first-order valence-electron chi connectivity index (χ1n) is 10.0. The molecule has 1 aliphatic rings. The molecule has 1 fully saturated rings. The van der Waals surface area contributed by atoms with Crippen molar-refractivity contribution in [2.45, 2.75) is 19.3 Å². The van der Waals surface area contributed by atoms with Gasteiger partial charge < -0.3 is 15.1 Å². The Labute approximate surface area is 165 Å². The third kappa shape index (κ3) is 4.70. The summed E-state index contributed by atoms with van der Waals surface area (Å²) in [5, 5.41) is 11.0. The molecule has 0 radical (unpaired) electrons. The van der Waals surface area contributed by atoms with Crippen LogP contribution in [0.15, 0.2) is 54.7 Å². The summed E-state index contributed by atoms with van der Waals surface area (Å²) in [4.78, 5) is 17.1. The molecule has 0 saturated carbocycles. The molecule has 0 atom stereocenters. The van der Waals surface area contributed by atoms with Crippen LogP contribution in [-0.4, -0.2) is 58.8 Å². The van der Waals surface area contributed by atoms with Gasteiger partial charge in [0.15, 0.2) is 0 Å². The van der Waals surface area contributed by atoms with E-state index in [0.29, 0.717) is 0 Å². The molecule has 2 heterocycles. The average molecular weight is 377 g/mol. The maximum Gasteiger partial charge on any atom is 0.321 e. The van der Waals surface area contributed by atoms with E-state index in [1.807, 2.05) is 23.1 Å². The normalized spacial score (nSPS) is 15.5. The highest BCUT2D eigenvalue weighted by molar-refractivity contribution is 5.92. The lowest BCUT2D eigenvalue weighted by Gasteiger charge is -2.22. The largest absolute Gasteiger partial charge is 0.323 e. The van der Waals surface area contributed by atoms with Gasteiger partial charge in [0.25, 0.3) is 0 Å². The first-order valence-corrected chi connectivity index (χ1v) is 10.0. The van der Waals surface area contributed by atoms with Crippen molar-refractivity contribution < 1.29 is 4.79 Å². The Hall–Kier alpha value is -2.86. The van der Waals surface area contributed by atoms with E-state index in [-0.39, 0.29) is 6.03 Å². The van der Waals surface area contributed by atoms with Gasteiger partial charge in [-0.2, -0.15) is 5.10 Å². The van der Waals surface area contributed by atoms with Gasteiger partial charge in [0.1, 0.15) is 0 Å². The Morgan fingerprint density at radius 2 is 1.96 bits per heavy atom. The number of aromatic amines is 1. The van der Waals surface area contributed by atoms with Crippen LogP contribution >= 0.6 is 0 Å². The van der Waals surface area contributed by atoms with Gasteiger partial charge in [0.05, 0.1) is 11.7 Å². The quantitative estimate of drug-likeness (QED) is 0.712. The highest BCUT2D eigenvalue weighted by Gasteiger charge is 2.19. The number of nitrogens with one attached hydrogen (secondary N) is 2. The van der Waals surface area contributed by atoms with Crippen LogP contribution in [0.3, 0.4) is 0 Å². The van der Waals surface area contributed by atoms with Crippen molar-refractivity contribution in [3.05, 3.63) is 60.3 Å². The van der Waals surface area contributed by atoms with Crippen LogP contribution in [0.25, 0.3) is 10.9 Å². The van der Waals surface area contributed by atoms with E-state index in [1.165, 1.54) is 5.56 Å². The van der Waals surface area contributed by atoms with E-state index in [9.17, 15) is 4.79 Å². The zero-order valence-electron chi connectivity index (χ0n) is 16.1. The molecule has 3 aromatic rings. The van der Waals surface area contributed by atoms with Crippen LogP contribution in [0.5, 0.6) is 0 Å². The van der Waals surface area contributed by atoms with E-state index in [0.717, 1.165) is 68.6 Å². The Balaban J connectivity index is 1.25. The number of benzene rings is 2. The maximum atomic E-state index is 12.7. The summed E-state index contributed by atoms with van der Waals surface area (Å²) in [5.74, 6) is 0. The first kappa shape index (κ1) is 18.5. The van der Waals surface area contributed by atoms with Crippen molar-refractivity contribution in [3.8, 4) is 0 Å². The molecule has 2 amide bonds. The molecule has 6 nitrogen and oxygen atoms in total. The summed E-state index contributed by atoms with van der Waals surface area (Å²) in [6.45, 7) is 4.64. The van der Waals surface area contributed by atoms with Crippen molar-refractivity contribution >= 4 is 22.6 Å². The second-order valence-corrected chi connectivity index (χ2v) is 7.37. The number of urea groups is 1. The standard InChI is InChI=1S/C22H27N5O/c28-22(24-20-9-10-21-19(16-20)17-23-25-21)27-13-5-12-26(14-15-27)11-4-8-18-6-2-1-3-7-18/h1-3,6-7,9-10,16-17H,4-5,8,11-15H2,(H,23,25)(H,24,28). The highest BCUT2D eigenvalue weighted by Crippen LogP contribution is 2.17. The number of carbonyl (C=O) groups is 1. The SMILES string of the molecule is O=C(Nc1ccc2[nH]ncc2c1)N1CCCN(CCCc2ccccc2)CC1. The molecule has 1 aliphatic heterocycles. The molecule has 0 aliphatic carbocycles. The van der Waals surface area contributed by atoms with Gasteiger partial charge in [-0.1, -0.05) is 30.3 Å². The fourth-order valence-corrected chi connectivity index (χ4v) is 3.77. The topological polar surface area (TPSA) is 64.3 Å². The average Bonchev–Trinajstić information content (AvgIpc) is 3.05. The monoisotopic (exact) mass is 377 g/mol. The molecule has 2 aromatic carbocycles. The van der Waals surface area contributed by atoms with Crippen LogP contribution in [0.2, 0.25) is 0 Å². The zero-order valence-corrected chi connectivity index (χ0v) is 16.1. The summed E-state index contributed by atoms with van der Waals surface area (Å²) < 4.78 is 0. The van der Waals surface area contributed by atoms with Crippen LogP contribution in [0.1, 0.15) is 18.4 Å². The minimum absolute atomic E-state index is 0.0195. The van der Waals surface area contributed by atoms with E-state index in [1.54, 1.807) is 6.20 Å². The summed E-state index contributed by atoms with van der Waals surface area (Å²) in [7, 11) is 0. The van der Waals surface area contributed by atoms with Gasteiger partial charge in [-0.3, -0.25) is 5.10 Å². The number of aromatic nitrogens is 2. The van der Waals surface area contributed by atoms with Gasteiger partial charge in [0.2, 0.25) is 0 Å². The molecule has 0 unspecified atom stereocenters. The smallest absolute Gasteiger partial charge is 0.321 e. The second-order valence-electron chi connectivity index (χ2n) is 7.37. The lowest BCUT2D eigenvalue weighted by molar-refractivity contribution is 0.211. The third-order valence-corrected chi connectivity index (χ3v) is 5.35. The molecule has 0 spiro atoms. The third-order valence-electron chi connectivity index (χ3n) is 5.35. The van der Waals surface area contributed by atoms with Crippen molar-refractivity contribution in [1.82, 2.24) is 20.0 Å². The molecule has 4 rings (SSSR count). The highest BCUT2D eigenvalue weighted by atomic mass is 16.2. The van der Waals surface area contributed by atoms with Crippen LogP contribution < -0.4 is 5.32 Å². The zero-order chi connectivity index (χ0) is 19.2. The van der Waals surface area contributed by atoms with E-state index >= 15 is 0 Å². The minimum Gasteiger partial charge on any atom is -0.323 e. The van der Waals surface area contributed by atoms with Gasteiger partial charge in [0, 0.05) is 30.7 Å². The first-order chi connectivity index (χ1) is 13.8. The number of nitrogens with zero attached hydrogens (tertiary/aromatic N) is 3. The number of hydrogen-bond acceptors (Lipinski definition) is 3. The van der Waals surface area contributed by atoms with E-state index < -0.39 is 0 Å². The van der Waals surface area contributed by atoms with Crippen molar-refractivity contribution in [2.24, 2.45) is 0 Å².